The third-order valence-corrected chi connectivity index (χ3v) is 7.61. The molecular weight excluding hydrogens is 498 g/mol. The molecule has 4 atom stereocenters. The Morgan fingerprint density at radius 3 is 2.30 bits per heavy atom. The van der Waals surface area contributed by atoms with Gasteiger partial charge in [0.1, 0.15) is 29.7 Å². The number of thioether (sulfide) groups is 1. The summed E-state index contributed by atoms with van der Waals surface area (Å²) in [5.41, 5.74) is 3.06. The van der Waals surface area contributed by atoms with Crippen molar-refractivity contribution < 1.29 is 29.1 Å². The molecule has 4 rings (SSSR count). The van der Waals surface area contributed by atoms with Gasteiger partial charge in [-0.2, -0.15) is 5.10 Å². The summed E-state index contributed by atoms with van der Waals surface area (Å²) < 4.78 is -0.737. The van der Waals surface area contributed by atoms with E-state index in [0.717, 1.165) is 6.21 Å². The second kappa shape index (κ2) is 10.4. The number of amides is 4. The zero-order valence-electron chi connectivity index (χ0n) is 20.0. The number of fused-ring (bicyclic) bond motifs is 1. The third-order valence-electron chi connectivity index (χ3n) is 6.04. The fourth-order valence-electron chi connectivity index (χ4n) is 4.31. The van der Waals surface area contributed by atoms with Crippen molar-refractivity contribution in [3.8, 4) is 0 Å². The highest BCUT2D eigenvalue weighted by Gasteiger charge is 2.64. The summed E-state index contributed by atoms with van der Waals surface area (Å²) in [7, 11) is 0. The van der Waals surface area contributed by atoms with Gasteiger partial charge in [0.15, 0.2) is 0 Å². The van der Waals surface area contributed by atoms with Crippen LogP contribution < -0.4 is 16.1 Å². The van der Waals surface area contributed by atoms with Crippen molar-refractivity contribution in [2.45, 2.75) is 42.1 Å². The van der Waals surface area contributed by atoms with Crippen LogP contribution in [0, 0.1) is 0 Å². The van der Waals surface area contributed by atoms with E-state index in [9.17, 15) is 29.1 Å². The van der Waals surface area contributed by atoms with Crippen LogP contribution in [-0.2, 0) is 19.2 Å². The molecule has 2 saturated heterocycles. The molecule has 2 aliphatic rings. The summed E-state index contributed by atoms with van der Waals surface area (Å²) in [6.45, 7) is 3.48. The van der Waals surface area contributed by atoms with E-state index in [1.54, 1.807) is 74.5 Å². The molecule has 4 N–H and O–H groups in total. The Bertz CT molecular complexity index is 1250. The first-order valence-corrected chi connectivity index (χ1v) is 12.2. The Kier molecular flexibility index (Phi) is 7.30. The highest BCUT2D eigenvalue weighted by Crippen LogP contribution is 2.50. The predicted molar refractivity (Wildman–Crippen MR) is 135 cm³/mol. The van der Waals surface area contributed by atoms with Gasteiger partial charge in [-0.1, -0.05) is 48.5 Å². The van der Waals surface area contributed by atoms with E-state index >= 15 is 0 Å². The molecule has 37 heavy (non-hydrogen) atoms. The van der Waals surface area contributed by atoms with Crippen LogP contribution in [0.4, 0.5) is 0 Å². The van der Waals surface area contributed by atoms with Crippen molar-refractivity contribution in [3.63, 3.8) is 0 Å². The van der Waals surface area contributed by atoms with Gasteiger partial charge >= 0.3 is 5.97 Å². The van der Waals surface area contributed by atoms with Gasteiger partial charge in [-0.25, -0.2) is 10.2 Å². The summed E-state index contributed by atoms with van der Waals surface area (Å²) in [5.74, 6) is -3.50. The predicted octanol–water partition coefficient (Wildman–Crippen LogP) is 0.891. The highest BCUT2D eigenvalue weighted by atomic mass is 32.2. The molecule has 2 unspecified atom stereocenters. The lowest BCUT2D eigenvalue weighted by molar-refractivity contribution is -0.161. The van der Waals surface area contributed by atoms with Crippen molar-refractivity contribution in [1.29, 1.82) is 0 Å². The summed E-state index contributed by atoms with van der Waals surface area (Å²) in [6, 6.07) is 13.6. The maximum absolute atomic E-state index is 13.2. The molecule has 2 aliphatic heterocycles. The van der Waals surface area contributed by atoms with Crippen LogP contribution in [0.3, 0.4) is 0 Å². The Hall–Kier alpha value is -4.19. The number of β-lactam (4-membered cyclic amide) rings is 1. The smallest absolute Gasteiger partial charge is 0.327 e. The molecule has 2 aromatic carbocycles. The van der Waals surface area contributed by atoms with Gasteiger partial charge in [0.05, 0.1) is 0 Å². The Balaban J connectivity index is 1.43. The second-order valence-corrected chi connectivity index (χ2v) is 10.8. The van der Waals surface area contributed by atoms with Crippen molar-refractivity contribution in [3.05, 3.63) is 71.8 Å². The minimum absolute atomic E-state index is 0.360. The van der Waals surface area contributed by atoms with Gasteiger partial charge < -0.3 is 20.6 Å². The lowest BCUT2D eigenvalue weighted by atomic mass is 9.95. The van der Waals surface area contributed by atoms with E-state index in [2.05, 4.69) is 21.2 Å². The van der Waals surface area contributed by atoms with Crippen LogP contribution in [-0.4, -0.2) is 68.0 Å². The first-order valence-electron chi connectivity index (χ1n) is 11.4. The number of rotatable bonds is 8. The highest BCUT2D eigenvalue weighted by molar-refractivity contribution is 8.01. The summed E-state index contributed by atoms with van der Waals surface area (Å²) in [5, 5.41) is 17.9. The van der Waals surface area contributed by atoms with Gasteiger partial charge in [0.2, 0.25) is 11.8 Å². The van der Waals surface area contributed by atoms with E-state index in [-0.39, 0.29) is 0 Å². The van der Waals surface area contributed by atoms with Crippen molar-refractivity contribution >= 4 is 47.6 Å². The maximum Gasteiger partial charge on any atom is 0.327 e. The monoisotopic (exact) mass is 523 g/mol. The maximum atomic E-state index is 13.2. The van der Waals surface area contributed by atoms with E-state index in [4.69, 9.17) is 0 Å². The number of hydrogen-bond acceptors (Lipinski definition) is 7. The molecule has 4 amide bonds. The van der Waals surface area contributed by atoms with Crippen LogP contribution in [0.2, 0.25) is 0 Å². The van der Waals surface area contributed by atoms with E-state index in [1.807, 2.05) is 0 Å². The molecule has 11 nitrogen and oxygen atoms in total. The molecule has 2 aromatic rings. The normalized spacial score (nSPS) is 22.5. The number of benzene rings is 2. The number of carbonyl (C=O) groups is 5. The van der Waals surface area contributed by atoms with Crippen LogP contribution in [0.1, 0.15) is 35.8 Å². The number of carboxylic acid groups (broad SMARTS) is 1. The topological polar surface area (TPSA) is 157 Å². The molecule has 2 fully saturated rings. The van der Waals surface area contributed by atoms with Gasteiger partial charge in [-0.15, -0.1) is 11.8 Å². The van der Waals surface area contributed by atoms with Crippen LogP contribution in [0.5, 0.6) is 0 Å². The number of hydrogen-bond donors (Lipinski definition) is 4. The molecule has 0 aliphatic carbocycles. The average molecular weight is 524 g/mol. The molecule has 0 aromatic heterocycles. The van der Waals surface area contributed by atoms with Crippen LogP contribution in [0.15, 0.2) is 65.8 Å². The van der Waals surface area contributed by atoms with Crippen molar-refractivity contribution in [2.24, 2.45) is 5.10 Å². The van der Waals surface area contributed by atoms with E-state index in [0.29, 0.717) is 11.1 Å². The molecule has 2 heterocycles. The number of hydrazone groups is 1. The number of carboxylic acids is 1. The second-order valence-electron chi connectivity index (χ2n) is 9.00. The molecular formula is C25H25N5O6S. The minimum atomic E-state index is -1.17. The minimum Gasteiger partial charge on any atom is -0.480 e. The fraction of sp³-hybridized carbons (Fsp3) is 0.280. The van der Waals surface area contributed by atoms with Gasteiger partial charge in [0, 0.05) is 10.3 Å². The molecule has 0 radical (unpaired) electrons. The Morgan fingerprint density at radius 2 is 1.68 bits per heavy atom. The number of carbonyl (C=O) groups excluding carboxylic acids is 4. The zero-order valence-corrected chi connectivity index (χ0v) is 20.8. The number of nitrogens with one attached hydrogen (secondary N) is 3. The average Bonchev–Trinajstić information content (AvgIpc) is 3.14. The largest absolute Gasteiger partial charge is 0.480 e. The number of aliphatic carboxylic acids is 1. The first-order chi connectivity index (χ1) is 17.6. The quantitative estimate of drug-likeness (QED) is 0.227. The summed E-state index contributed by atoms with van der Waals surface area (Å²) >= 11 is 1.30. The van der Waals surface area contributed by atoms with Crippen LogP contribution in [0.25, 0.3) is 0 Å². The standard InChI is InChI=1S/C25H25N5O6S/c1-25(2)19(24(35)36)30-22(34)18(23(30)37-25)28-21(33)17(14-9-5-3-6-10-14)27-16(31)13-26-29-20(32)15-11-7-4-8-12-15/h3-13,17-19,23H,1-2H3,(H,27,31)(H,28,33)(H,29,32)(H,35,36)/b26-13+/t17?,18?,19-,23+/m0/s1. The molecule has 12 heteroatoms. The summed E-state index contributed by atoms with van der Waals surface area (Å²) in [6.07, 6.45) is 0.840. The van der Waals surface area contributed by atoms with Crippen LogP contribution >= 0.6 is 11.8 Å². The molecule has 192 valence electrons. The Morgan fingerprint density at radius 1 is 1.05 bits per heavy atom. The van der Waals surface area contributed by atoms with Gasteiger partial charge in [-0.3, -0.25) is 19.2 Å². The lowest BCUT2D eigenvalue weighted by Gasteiger charge is -2.44. The van der Waals surface area contributed by atoms with Gasteiger partial charge in [0.25, 0.3) is 11.8 Å². The number of nitrogens with zero attached hydrogens (tertiary/aromatic N) is 2. The van der Waals surface area contributed by atoms with E-state index < -0.39 is 57.8 Å². The summed E-state index contributed by atoms with van der Waals surface area (Å²) in [4.78, 5) is 63.6. The van der Waals surface area contributed by atoms with Crippen molar-refractivity contribution in [1.82, 2.24) is 21.0 Å². The van der Waals surface area contributed by atoms with Gasteiger partial charge in [-0.05, 0) is 31.5 Å². The molecule has 0 bridgehead atoms. The third kappa shape index (κ3) is 5.33. The first kappa shape index (κ1) is 25.9. The molecule has 0 saturated carbocycles. The molecule has 0 spiro atoms. The SMILES string of the molecule is CC1(C)S[C@@H]2C(NC(=O)C(NC(=O)/C=N/NC(=O)c3ccccc3)c3ccccc3)C(=O)N2[C@H]1C(=O)O. The Labute approximate surface area is 216 Å². The van der Waals surface area contributed by atoms with Crippen molar-refractivity contribution in [2.75, 3.05) is 0 Å². The zero-order chi connectivity index (χ0) is 26.7. The fourth-order valence-corrected chi connectivity index (χ4v) is 5.94. The van der Waals surface area contributed by atoms with E-state index in [1.165, 1.54) is 16.7 Å². The lowest BCUT2D eigenvalue weighted by Crippen LogP contribution is -2.71.